The Morgan fingerprint density at radius 2 is 2.29 bits per heavy atom. The Morgan fingerprint density at radius 3 is 3.06 bits per heavy atom. The van der Waals surface area contributed by atoms with Crippen molar-refractivity contribution in [1.29, 1.82) is 0 Å². The molecule has 0 aromatic heterocycles. The minimum atomic E-state index is 0.197. The molecule has 0 aliphatic carbocycles. The third kappa shape index (κ3) is 2.61. The highest BCUT2D eigenvalue weighted by Gasteiger charge is 2.18. The molecule has 0 spiro atoms. The van der Waals surface area contributed by atoms with Crippen LogP contribution in [0.1, 0.15) is 43.0 Å². The number of phenols is 1. The highest BCUT2D eigenvalue weighted by molar-refractivity contribution is 5.47. The van der Waals surface area contributed by atoms with Crippen molar-refractivity contribution in [2.45, 2.75) is 39.3 Å². The minimum Gasteiger partial charge on any atom is -0.507 e. The van der Waals surface area contributed by atoms with E-state index in [4.69, 9.17) is 4.74 Å². The molecule has 1 heterocycles. The van der Waals surface area contributed by atoms with Crippen LogP contribution in [0.15, 0.2) is 12.1 Å². The second-order valence-electron chi connectivity index (χ2n) is 4.62. The Morgan fingerprint density at radius 1 is 1.47 bits per heavy atom. The number of nitrogens with one attached hydrogen (secondary N) is 1. The molecule has 3 heteroatoms. The van der Waals surface area contributed by atoms with Crippen molar-refractivity contribution in [1.82, 2.24) is 5.32 Å². The van der Waals surface area contributed by atoms with Crippen LogP contribution in [0.3, 0.4) is 0 Å². The van der Waals surface area contributed by atoms with Crippen molar-refractivity contribution in [3.63, 3.8) is 0 Å². The minimum absolute atomic E-state index is 0.197. The highest BCUT2D eigenvalue weighted by atomic mass is 16.5. The second-order valence-corrected chi connectivity index (χ2v) is 4.62. The maximum atomic E-state index is 10.3. The van der Waals surface area contributed by atoms with Crippen LogP contribution < -0.4 is 5.32 Å². The summed E-state index contributed by atoms with van der Waals surface area (Å²) < 4.78 is 5.39. The summed E-state index contributed by atoms with van der Waals surface area (Å²) in [5.74, 6) is 0.460. The van der Waals surface area contributed by atoms with Gasteiger partial charge in [0, 0.05) is 17.2 Å². The summed E-state index contributed by atoms with van der Waals surface area (Å²) in [5.41, 5.74) is 3.19. The van der Waals surface area contributed by atoms with Crippen LogP contribution in [-0.2, 0) is 17.8 Å². The van der Waals surface area contributed by atoms with Gasteiger partial charge in [-0.2, -0.15) is 0 Å². The molecule has 0 amide bonds. The number of benzene rings is 1. The van der Waals surface area contributed by atoms with E-state index in [0.717, 1.165) is 36.1 Å². The summed E-state index contributed by atoms with van der Waals surface area (Å²) in [5, 5.41) is 13.7. The van der Waals surface area contributed by atoms with E-state index in [2.05, 4.69) is 25.2 Å². The molecule has 1 unspecified atom stereocenters. The molecule has 1 aromatic rings. The number of ether oxygens (including phenoxy) is 1. The summed E-state index contributed by atoms with van der Waals surface area (Å²) in [6.45, 7) is 6.54. The second kappa shape index (κ2) is 5.52. The van der Waals surface area contributed by atoms with Crippen LogP contribution in [0.4, 0.5) is 0 Å². The van der Waals surface area contributed by atoms with Crippen LogP contribution >= 0.6 is 0 Å². The van der Waals surface area contributed by atoms with Crippen molar-refractivity contribution in [3.8, 4) is 5.75 Å². The normalized spacial score (nSPS) is 16.6. The molecule has 1 aliphatic rings. The maximum Gasteiger partial charge on any atom is 0.123 e. The van der Waals surface area contributed by atoms with Gasteiger partial charge in [0.25, 0.3) is 0 Å². The predicted molar refractivity (Wildman–Crippen MR) is 68.2 cm³/mol. The van der Waals surface area contributed by atoms with E-state index in [-0.39, 0.29) is 6.04 Å². The number of hydrogen-bond donors (Lipinski definition) is 2. The molecular formula is C14H21NO2. The van der Waals surface area contributed by atoms with Gasteiger partial charge in [0.15, 0.2) is 0 Å². The van der Waals surface area contributed by atoms with Crippen molar-refractivity contribution >= 4 is 0 Å². The number of aromatic hydroxyl groups is 1. The summed E-state index contributed by atoms with van der Waals surface area (Å²) in [6, 6.07) is 4.28. The Balaban J connectivity index is 2.23. The van der Waals surface area contributed by atoms with Crippen molar-refractivity contribution < 1.29 is 9.84 Å². The molecular weight excluding hydrogens is 214 g/mol. The van der Waals surface area contributed by atoms with E-state index in [9.17, 15) is 5.11 Å². The quantitative estimate of drug-likeness (QED) is 0.842. The molecule has 0 bridgehead atoms. The van der Waals surface area contributed by atoms with Gasteiger partial charge in [-0.1, -0.05) is 19.1 Å². The maximum absolute atomic E-state index is 10.3. The number of fused-ring (bicyclic) bond motifs is 1. The number of hydrogen-bond acceptors (Lipinski definition) is 3. The van der Waals surface area contributed by atoms with Gasteiger partial charge in [0.2, 0.25) is 0 Å². The van der Waals surface area contributed by atoms with Crippen LogP contribution in [0.25, 0.3) is 0 Å². The van der Waals surface area contributed by atoms with E-state index >= 15 is 0 Å². The molecule has 1 atom stereocenters. The first-order valence-electron chi connectivity index (χ1n) is 6.38. The Labute approximate surface area is 103 Å². The van der Waals surface area contributed by atoms with E-state index in [1.54, 1.807) is 0 Å². The molecule has 0 fully saturated rings. The smallest absolute Gasteiger partial charge is 0.123 e. The van der Waals surface area contributed by atoms with Crippen LogP contribution in [0, 0.1) is 0 Å². The molecule has 17 heavy (non-hydrogen) atoms. The zero-order valence-electron chi connectivity index (χ0n) is 10.6. The fourth-order valence-electron chi connectivity index (χ4n) is 2.29. The summed E-state index contributed by atoms with van der Waals surface area (Å²) in [7, 11) is 0. The van der Waals surface area contributed by atoms with Gasteiger partial charge in [0.1, 0.15) is 5.75 Å². The van der Waals surface area contributed by atoms with Gasteiger partial charge in [0.05, 0.1) is 13.2 Å². The van der Waals surface area contributed by atoms with Gasteiger partial charge in [-0.3, -0.25) is 0 Å². The first-order valence-corrected chi connectivity index (χ1v) is 6.38. The third-order valence-corrected chi connectivity index (χ3v) is 3.33. The van der Waals surface area contributed by atoms with E-state index in [0.29, 0.717) is 19.0 Å². The summed E-state index contributed by atoms with van der Waals surface area (Å²) in [6.07, 6.45) is 1.92. The first-order chi connectivity index (χ1) is 8.24. The molecule has 94 valence electrons. The molecule has 2 N–H and O–H groups in total. The molecule has 3 nitrogen and oxygen atoms in total. The largest absolute Gasteiger partial charge is 0.507 e. The average Bonchev–Trinajstić information content (AvgIpc) is 2.37. The number of phenolic OH excluding ortho intramolecular Hbond substituents is 1. The van der Waals surface area contributed by atoms with Crippen molar-refractivity contribution in [2.75, 3.05) is 13.2 Å². The standard InChI is InChI=1S/C14H21NO2/c1-3-7-15-10(2)12-5-4-11-9-17-8-6-13(11)14(12)16/h4-5,10,15-16H,3,6-9H2,1-2H3. The molecule has 1 aromatic carbocycles. The van der Waals surface area contributed by atoms with Gasteiger partial charge < -0.3 is 15.2 Å². The SMILES string of the molecule is CCCNC(C)c1ccc2c(c1O)CCOC2. The lowest BCUT2D eigenvalue weighted by Crippen LogP contribution is -2.20. The molecule has 2 rings (SSSR count). The fourth-order valence-corrected chi connectivity index (χ4v) is 2.29. The predicted octanol–water partition coefficient (Wildman–Crippen LogP) is 2.53. The van der Waals surface area contributed by atoms with Crippen molar-refractivity contribution in [2.24, 2.45) is 0 Å². The van der Waals surface area contributed by atoms with Gasteiger partial charge in [-0.05, 0) is 31.9 Å². The molecule has 0 saturated carbocycles. The Bertz CT molecular complexity index is 390. The van der Waals surface area contributed by atoms with Crippen LogP contribution in [0.5, 0.6) is 5.75 Å². The lowest BCUT2D eigenvalue weighted by molar-refractivity contribution is 0.109. The first kappa shape index (κ1) is 12.4. The zero-order chi connectivity index (χ0) is 12.3. The number of rotatable bonds is 4. The van der Waals surface area contributed by atoms with E-state index in [1.807, 2.05) is 6.07 Å². The summed E-state index contributed by atoms with van der Waals surface area (Å²) in [4.78, 5) is 0. The van der Waals surface area contributed by atoms with Gasteiger partial charge in [-0.15, -0.1) is 0 Å². The molecule has 0 radical (unpaired) electrons. The average molecular weight is 235 g/mol. The van der Waals surface area contributed by atoms with E-state index in [1.165, 1.54) is 0 Å². The Kier molecular flexibility index (Phi) is 4.02. The van der Waals surface area contributed by atoms with Crippen LogP contribution in [0.2, 0.25) is 0 Å². The lowest BCUT2D eigenvalue weighted by atomic mass is 9.95. The fraction of sp³-hybridized carbons (Fsp3) is 0.571. The zero-order valence-corrected chi connectivity index (χ0v) is 10.6. The lowest BCUT2D eigenvalue weighted by Gasteiger charge is -2.22. The molecule has 0 saturated heterocycles. The van der Waals surface area contributed by atoms with Gasteiger partial charge in [-0.25, -0.2) is 0 Å². The van der Waals surface area contributed by atoms with Gasteiger partial charge >= 0.3 is 0 Å². The van der Waals surface area contributed by atoms with E-state index < -0.39 is 0 Å². The van der Waals surface area contributed by atoms with Crippen LogP contribution in [-0.4, -0.2) is 18.3 Å². The Hall–Kier alpha value is -1.06. The highest BCUT2D eigenvalue weighted by Crippen LogP contribution is 2.33. The molecule has 1 aliphatic heterocycles. The van der Waals surface area contributed by atoms with Crippen molar-refractivity contribution in [3.05, 3.63) is 28.8 Å². The topological polar surface area (TPSA) is 41.5 Å². The third-order valence-electron chi connectivity index (χ3n) is 3.33. The summed E-state index contributed by atoms with van der Waals surface area (Å²) >= 11 is 0. The monoisotopic (exact) mass is 235 g/mol.